The fourth-order valence-electron chi connectivity index (χ4n) is 2.62. The maximum absolute atomic E-state index is 12.2. The van der Waals surface area contributed by atoms with Crippen molar-refractivity contribution >= 4 is 41.5 Å². The second kappa shape index (κ2) is 10.2. The Balaban J connectivity index is 1.75. The second-order valence-corrected chi connectivity index (χ2v) is 6.72. The number of carboxylic acid groups (broad SMARTS) is 1. The molecule has 0 bridgehead atoms. The lowest BCUT2D eigenvalue weighted by Crippen LogP contribution is -2.06. The fourth-order valence-corrected chi connectivity index (χ4v) is 2.87. The lowest BCUT2D eigenvalue weighted by atomic mass is 10.2. The van der Waals surface area contributed by atoms with Crippen molar-refractivity contribution in [3.8, 4) is 11.5 Å². The average Bonchev–Trinajstić information content (AvgIpc) is 2.78. The molecule has 3 rings (SSSR count). The van der Waals surface area contributed by atoms with E-state index in [2.05, 4.69) is 4.99 Å². The Kier molecular flexibility index (Phi) is 7.19. The molecular weight excluding hydrogens is 418 g/mol. The van der Waals surface area contributed by atoms with Gasteiger partial charge in [0.15, 0.2) is 11.5 Å². The van der Waals surface area contributed by atoms with Crippen LogP contribution in [-0.2, 0) is 4.79 Å². The molecule has 0 atom stereocenters. The van der Waals surface area contributed by atoms with Gasteiger partial charge >= 0.3 is 11.9 Å². The van der Waals surface area contributed by atoms with Crippen molar-refractivity contribution in [2.75, 3.05) is 7.11 Å². The van der Waals surface area contributed by atoms with Crippen molar-refractivity contribution in [3.63, 3.8) is 0 Å². The summed E-state index contributed by atoms with van der Waals surface area (Å²) >= 11 is 6.30. The van der Waals surface area contributed by atoms with Gasteiger partial charge in [0.25, 0.3) is 0 Å². The van der Waals surface area contributed by atoms with Gasteiger partial charge in [-0.05, 0) is 53.6 Å². The third-order valence-electron chi connectivity index (χ3n) is 4.14. The maximum atomic E-state index is 12.2. The predicted molar refractivity (Wildman–Crippen MR) is 120 cm³/mol. The molecule has 31 heavy (non-hydrogen) atoms. The Hall–Kier alpha value is -3.90. The number of hydrogen-bond acceptors (Lipinski definition) is 5. The highest BCUT2D eigenvalue weighted by atomic mass is 35.5. The average molecular weight is 436 g/mol. The molecule has 0 spiro atoms. The number of carbonyl (C=O) groups excluding carboxylic acids is 1. The van der Waals surface area contributed by atoms with Gasteiger partial charge in [0.2, 0.25) is 0 Å². The van der Waals surface area contributed by atoms with E-state index >= 15 is 0 Å². The lowest BCUT2D eigenvalue weighted by Gasteiger charge is -2.11. The van der Waals surface area contributed by atoms with Gasteiger partial charge in [0.05, 0.1) is 23.4 Å². The quantitative estimate of drug-likeness (QED) is 0.232. The number of methoxy groups -OCH3 is 1. The number of ether oxygens (including phenoxy) is 2. The van der Waals surface area contributed by atoms with E-state index in [-0.39, 0.29) is 22.1 Å². The summed E-state index contributed by atoms with van der Waals surface area (Å²) in [5.74, 6) is -1.22. The normalized spacial score (nSPS) is 11.0. The van der Waals surface area contributed by atoms with Crippen LogP contribution in [-0.4, -0.2) is 30.4 Å². The Morgan fingerprint density at radius 1 is 1.00 bits per heavy atom. The molecule has 0 fully saturated rings. The van der Waals surface area contributed by atoms with Gasteiger partial charge in [-0.1, -0.05) is 41.9 Å². The Bertz CT molecular complexity index is 1140. The highest BCUT2D eigenvalue weighted by Gasteiger charge is 2.14. The first kappa shape index (κ1) is 21.8. The molecule has 156 valence electrons. The Morgan fingerprint density at radius 3 is 2.35 bits per heavy atom. The largest absolute Gasteiger partial charge is 0.493 e. The smallest absolute Gasteiger partial charge is 0.336 e. The zero-order valence-electron chi connectivity index (χ0n) is 16.5. The van der Waals surface area contributed by atoms with Crippen LogP contribution in [0.2, 0.25) is 5.02 Å². The minimum absolute atomic E-state index is 0.106. The predicted octanol–water partition coefficient (Wildman–Crippen LogP) is 5.42. The van der Waals surface area contributed by atoms with Crippen LogP contribution in [0.15, 0.2) is 77.8 Å². The number of aliphatic imine (C=N–C) groups is 1. The number of hydrogen-bond donors (Lipinski definition) is 1. The summed E-state index contributed by atoms with van der Waals surface area (Å²) in [4.78, 5) is 27.4. The van der Waals surface area contributed by atoms with Gasteiger partial charge in [-0.15, -0.1) is 0 Å². The molecule has 0 radical (unpaired) electrons. The molecule has 0 heterocycles. The lowest BCUT2D eigenvalue weighted by molar-refractivity contribution is -0.129. The molecule has 0 aliphatic heterocycles. The number of esters is 1. The van der Waals surface area contributed by atoms with E-state index in [1.54, 1.807) is 36.6 Å². The number of benzene rings is 3. The van der Waals surface area contributed by atoms with E-state index in [0.717, 1.165) is 5.56 Å². The van der Waals surface area contributed by atoms with E-state index in [9.17, 15) is 9.59 Å². The topological polar surface area (TPSA) is 85.2 Å². The monoisotopic (exact) mass is 435 g/mol. The van der Waals surface area contributed by atoms with Crippen molar-refractivity contribution in [3.05, 3.63) is 94.5 Å². The molecule has 3 aromatic rings. The summed E-state index contributed by atoms with van der Waals surface area (Å²) in [6.07, 6.45) is 4.49. The first-order valence-electron chi connectivity index (χ1n) is 9.16. The molecule has 6 nitrogen and oxygen atoms in total. The SMILES string of the molecule is COc1cc(/C=N/c2ccc(C(=O)O)cc2)cc(Cl)c1OC(=O)C=Cc1ccccc1. The summed E-state index contributed by atoms with van der Waals surface area (Å²) in [5.41, 5.74) is 2.22. The third-order valence-corrected chi connectivity index (χ3v) is 4.42. The van der Waals surface area contributed by atoms with Crippen molar-refractivity contribution < 1.29 is 24.2 Å². The van der Waals surface area contributed by atoms with Crippen LogP contribution in [0.1, 0.15) is 21.5 Å². The molecular formula is C24H18ClNO5. The molecule has 0 amide bonds. The summed E-state index contributed by atoms with van der Waals surface area (Å²) < 4.78 is 10.7. The summed E-state index contributed by atoms with van der Waals surface area (Å²) in [5, 5.41) is 9.13. The highest BCUT2D eigenvalue weighted by molar-refractivity contribution is 6.32. The van der Waals surface area contributed by atoms with Crippen LogP contribution in [0.25, 0.3) is 6.08 Å². The zero-order valence-corrected chi connectivity index (χ0v) is 17.2. The number of aromatic carboxylic acids is 1. The van der Waals surface area contributed by atoms with Gasteiger partial charge in [0, 0.05) is 12.3 Å². The van der Waals surface area contributed by atoms with E-state index < -0.39 is 11.9 Å². The molecule has 3 aromatic carbocycles. The van der Waals surface area contributed by atoms with Gasteiger partial charge in [-0.2, -0.15) is 0 Å². The van der Waals surface area contributed by atoms with Gasteiger partial charge < -0.3 is 14.6 Å². The molecule has 0 aromatic heterocycles. The summed E-state index contributed by atoms with van der Waals surface area (Å²) in [6, 6.07) is 18.7. The van der Waals surface area contributed by atoms with Crippen LogP contribution in [0.5, 0.6) is 11.5 Å². The van der Waals surface area contributed by atoms with E-state index in [1.807, 2.05) is 30.3 Å². The summed E-state index contributed by atoms with van der Waals surface area (Å²) in [6.45, 7) is 0. The number of rotatable bonds is 7. The third kappa shape index (κ3) is 6.04. The molecule has 0 saturated heterocycles. The van der Waals surface area contributed by atoms with Crippen molar-refractivity contribution in [1.82, 2.24) is 0 Å². The first-order valence-corrected chi connectivity index (χ1v) is 9.54. The molecule has 0 unspecified atom stereocenters. The molecule has 0 aliphatic carbocycles. The summed E-state index contributed by atoms with van der Waals surface area (Å²) in [7, 11) is 1.44. The van der Waals surface area contributed by atoms with E-state index in [0.29, 0.717) is 11.3 Å². The van der Waals surface area contributed by atoms with Crippen molar-refractivity contribution in [1.29, 1.82) is 0 Å². The Morgan fingerprint density at radius 2 is 1.71 bits per heavy atom. The number of halogens is 1. The molecule has 7 heteroatoms. The first-order chi connectivity index (χ1) is 15.0. The zero-order chi connectivity index (χ0) is 22.2. The van der Waals surface area contributed by atoms with Crippen LogP contribution in [0.4, 0.5) is 5.69 Å². The minimum atomic E-state index is -1.00. The van der Waals surface area contributed by atoms with E-state index in [4.69, 9.17) is 26.2 Å². The molecule has 0 aliphatic rings. The molecule has 1 N–H and O–H groups in total. The second-order valence-electron chi connectivity index (χ2n) is 6.31. The van der Waals surface area contributed by atoms with Crippen LogP contribution < -0.4 is 9.47 Å². The Labute approximate surface area is 184 Å². The van der Waals surface area contributed by atoms with Crippen LogP contribution in [0.3, 0.4) is 0 Å². The van der Waals surface area contributed by atoms with Gasteiger partial charge in [-0.25, -0.2) is 9.59 Å². The van der Waals surface area contributed by atoms with Crippen LogP contribution in [0, 0.1) is 0 Å². The van der Waals surface area contributed by atoms with Gasteiger partial charge in [0.1, 0.15) is 0 Å². The highest BCUT2D eigenvalue weighted by Crippen LogP contribution is 2.36. The van der Waals surface area contributed by atoms with Gasteiger partial charge in [-0.3, -0.25) is 4.99 Å². The maximum Gasteiger partial charge on any atom is 0.336 e. The standard InChI is InChI=1S/C24H18ClNO5/c1-30-21-14-17(15-26-19-10-8-18(9-11-19)24(28)29)13-20(25)23(21)31-22(27)12-7-16-5-3-2-4-6-16/h2-15H,1H3,(H,28,29)/b12-7?,26-15+. The van der Waals surface area contributed by atoms with Crippen molar-refractivity contribution in [2.24, 2.45) is 4.99 Å². The minimum Gasteiger partial charge on any atom is -0.493 e. The molecule has 0 saturated carbocycles. The van der Waals surface area contributed by atoms with Crippen LogP contribution >= 0.6 is 11.6 Å². The number of carbonyl (C=O) groups is 2. The van der Waals surface area contributed by atoms with E-state index in [1.165, 1.54) is 25.3 Å². The number of carboxylic acids is 1. The number of nitrogens with zero attached hydrogens (tertiary/aromatic N) is 1. The fraction of sp³-hybridized carbons (Fsp3) is 0.0417. The van der Waals surface area contributed by atoms with Crippen molar-refractivity contribution in [2.45, 2.75) is 0 Å².